The van der Waals surface area contributed by atoms with Crippen molar-refractivity contribution in [1.29, 1.82) is 0 Å². The highest BCUT2D eigenvalue weighted by Gasteiger charge is 2.04. The van der Waals surface area contributed by atoms with Gasteiger partial charge >= 0.3 is 0 Å². The molecule has 0 atom stereocenters. The van der Waals surface area contributed by atoms with Gasteiger partial charge in [0.15, 0.2) is 0 Å². The zero-order valence-corrected chi connectivity index (χ0v) is 12.9. The number of hydrogen-bond acceptors (Lipinski definition) is 4. The molecule has 0 saturated carbocycles. The minimum Gasteiger partial charge on any atom is -0.492 e. The predicted octanol–water partition coefficient (Wildman–Crippen LogP) is 1.62. The zero-order valence-electron chi connectivity index (χ0n) is 12.1. The highest BCUT2D eigenvalue weighted by molar-refractivity contribution is 7.90. The summed E-state index contributed by atoms with van der Waals surface area (Å²) >= 11 is 0. The first-order valence-electron chi connectivity index (χ1n) is 6.38. The van der Waals surface area contributed by atoms with Gasteiger partial charge in [0, 0.05) is 19.3 Å². The lowest BCUT2D eigenvalue weighted by Crippen LogP contribution is -2.26. The van der Waals surface area contributed by atoms with Crippen LogP contribution in [0.5, 0.6) is 5.75 Å². The van der Waals surface area contributed by atoms with Crippen LogP contribution in [0.3, 0.4) is 0 Å². The fraction of sp³-hybridized carbons (Fsp3) is 0.571. The van der Waals surface area contributed by atoms with Gasteiger partial charge in [0.05, 0.1) is 5.75 Å². The predicted molar refractivity (Wildman–Crippen MR) is 78.7 cm³/mol. The van der Waals surface area contributed by atoms with Crippen LogP contribution in [0.2, 0.25) is 0 Å². The molecule has 19 heavy (non-hydrogen) atoms. The van der Waals surface area contributed by atoms with Gasteiger partial charge in [0.25, 0.3) is 0 Å². The number of aryl methyl sites for hydroxylation is 2. The molecule has 0 radical (unpaired) electrons. The standard InChI is InChI=1S/C14H23NO3S/c1-11-9-12(2)13(3)14(10-11)18-7-5-15-6-8-19(4,16)17/h9-10,15H,5-8H2,1-4H3. The summed E-state index contributed by atoms with van der Waals surface area (Å²) in [6.07, 6.45) is 1.24. The molecule has 108 valence electrons. The maximum absolute atomic E-state index is 10.9. The fourth-order valence-electron chi connectivity index (χ4n) is 1.77. The van der Waals surface area contributed by atoms with Crippen molar-refractivity contribution in [3.8, 4) is 5.75 Å². The third kappa shape index (κ3) is 6.07. The summed E-state index contributed by atoms with van der Waals surface area (Å²) < 4.78 is 27.6. The number of sulfone groups is 1. The summed E-state index contributed by atoms with van der Waals surface area (Å²) in [7, 11) is -2.88. The molecular formula is C14H23NO3S. The van der Waals surface area contributed by atoms with Gasteiger partial charge in [-0.15, -0.1) is 0 Å². The van der Waals surface area contributed by atoms with Crippen LogP contribution in [0.15, 0.2) is 12.1 Å². The first kappa shape index (κ1) is 16.0. The molecule has 0 saturated heterocycles. The Morgan fingerprint density at radius 1 is 1.16 bits per heavy atom. The van der Waals surface area contributed by atoms with Crippen LogP contribution in [0.4, 0.5) is 0 Å². The number of ether oxygens (including phenoxy) is 1. The number of nitrogens with one attached hydrogen (secondary N) is 1. The lowest BCUT2D eigenvalue weighted by Gasteiger charge is -2.12. The van der Waals surface area contributed by atoms with E-state index < -0.39 is 9.84 Å². The quantitative estimate of drug-likeness (QED) is 0.774. The number of benzene rings is 1. The van der Waals surface area contributed by atoms with E-state index in [1.807, 2.05) is 19.9 Å². The third-order valence-corrected chi connectivity index (χ3v) is 3.90. The molecule has 0 aliphatic rings. The van der Waals surface area contributed by atoms with Crippen molar-refractivity contribution < 1.29 is 13.2 Å². The van der Waals surface area contributed by atoms with Gasteiger partial charge < -0.3 is 10.1 Å². The molecular weight excluding hydrogens is 262 g/mol. The van der Waals surface area contributed by atoms with Crippen LogP contribution in [-0.4, -0.2) is 40.1 Å². The average Bonchev–Trinajstić information content (AvgIpc) is 2.28. The van der Waals surface area contributed by atoms with Gasteiger partial charge in [-0.1, -0.05) is 6.07 Å². The van der Waals surface area contributed by atoms with E-state index in [9.17, 15) is 8.42 Å². The van der Waals surface area contributed by atoms with Crippen LogP contribution in [0.1, 0.15) is 16.7 Å². The summed E-state index contributed by atoms with van der Waals surface area (Å²) in [4.78, 5) is 0. The first-order valence-corrected chi connectivity index (χ1v) is 8.45. The fourth-order valence-corrected chi connectivity index (χ4v) is 2.28. The Hall–Kier alpha value is -1.07. The van der Waals surface area contributed by atoms with Crippen LogP contribution < -0.4 is 10.1 Å². The molecule has 5 heteroatoms. The van der Waals surface area contributed by atoms with Crippen LogP contribution >= 0.6 is 0 Å². The highest BCUT2D eigenvalue weighted by Crippen LogP contribution is 2.22. The van der Waals surface area contributed by atoms with Crippen molar-refractivity contribution in [2.24, 2.45) is 0 Å². The summed E-state index contributed by atoms with van der Waals surface area (Å²) in [5.41, 5.74) is 3.56. The zero-order chi connectivity index (χ0) is 14.5. The van der Waals surface area contributed by atoms with Gasteiger partial charge in [0.2, 0.25) is 0 Å². The molecule has 1 N–H and O–H groups in total. The molecule has 0 bridgehead atoms. The van der Waals surface area contributed by atoms with E-state index in [1.165, 1.54) is 17.4 Å². The molecule has 0 unspecified atom stereocenters. The maximum atomic E-state index is 10.9. The molecule has 1 aromatic carbocycles. The molecule has 0 amide bonds. The van der Waals surface area contributed by atoms with Crippen LogP contribution in [-0.2, 0) is 9.84 Å². The molecule has 0 aliphatic carbocycles. The van der Waals surface area contributed by atoms with E-state index in [0.717, 1.165) is 11.3 Å². The van der Waals surface area contributed by atoms with E-state index >= 15 is 0 Å². The first-order chi connectivity index (χ1) is 8.79. The maximum Gasteiger partial charge on any atom is 0.148 e. The Morgan fingerprint density at radius 3 is 2.47 bits per heavy atom. The van der Waals surface area contributed by atoms with E-state index in [2.05, 4.69) is 18.3 Å². The van der Waals surface area contributed by atoms with E-state index in [1.54, 1.807) is 0 Å². The molecule has 0 aromatic heterocycles. The molecule has 0 spiro atoms. The lowest BCUT2D eigenvalue weighted by atomic mass is 10.1. The van der Waals surface area contributed by atoms with Gasteiger partial charge in [-0.3, -0.25) is 0 Å². The second-order valence-electron chi connectivity index (χ2n) is 4.93. The third-order valence-electron chi connectivity index (χ3n) is 2.95. The Balaban J connectivity index is 2.34. The topological polar surface area (TPSA) is 55.4 Å². The molecule has 1 aromatic rings. The molecule has 0 fully saturated rings. The Bertz CT molecular complexity index is 524. The van der Waals surface area contributed by atoms with Gasteiger partial charge in [-0.25, -0.2) is 8.42 Å². The van der Waals surface area contributed by atoms with Crippen molar-refractivity contribution in [2.45, 2.75) is 20.8 Å². The largest absolute Gasteiger partial charge is 0.492 e. The summed E-state index contributed by atoms with van der Waals surface area (Å²) in [5, 5.41) is 3.06. The Kier molecular flexibility index (Phi) is 5.82. The lowest BCUT2D eigenvalue weighted by molar-refractivity contribution is 0.313. The van der Waals surface area contributed by atoms with Crippen molar-refractivity contribution in [3.05, 3.63) is 28.8 Å². The van der Waals surface area contributed by atoms with Crippen molar-refractivity contribution in [1.82, 2.24) is 5.32 Å². The second kappa shape index (κ2) is 6.91. The van der Waals surface area contributed by atoms with Crippen LogP contribution in [0.25, 0.3) is 0 Å². The van der Waals surface area contributed by atoms with E-state index in [4.69, 9.17) is 4.74 Å². The van der Waals surface area contributed by atoms with Crippen LogP contribution in [0, 0.1) is 20.8 Å². The summed E-state index contributed by atoms with van der Waals surface area (Å²) in [5.74, 6) is 1.07. The minimum atomic E-state index is -2.88. The second-order valence-corrected chi connectivity index (χ2v) is 7.19. The van der Waals surface area contributed by atoms with Gasteiger partial charge in [-0.2, -0.15) is 0 Å². The normalized spacial score (nSPS) is 11.6. The summed E-state index contributed by atoms with van der Waals surface area (Å²) in [6.45, 7) is 7.80. The number of hydrogen-bond donors (Lipinski definition) is 1. The summed E-state index contributed by atoms with van der Waals surface area (Å²) in [6, 6.07) is 4.16. The molecule has 1 rings (SSSR count). The van der Waals surface area contributed by atoms with Crippen molar-refractivity contribution in [2.75, 3.05) is 31.7 Å². The van der Waals surface area contributed by atoms with E-state index in [-0.39, 0.29) is 5.75 Å². The van der Waals surface area contributed by atoms with Gasteiger partial charge in [0.1, 0.15) is 22.2 Å². The SMILES string of the molecule is Cc1cc(C)c(C)c(OCCNCCS(C)(=O)=O)c1. The van der Waals surface area contributed by atoms with Crippen molar-refractivity contribution >= 4 is 9.84 Å². The molecule has 4 nitrogen and oxygen atoms in total. The monoisotopic (exact) mass is 285 g/mol. The smallest absolute Gasteiger partial charge is 0.148 e. The average molecular weight is 285 g/mol. The minimum absolute atomic E-state index is 0.162. The Morgan fingerprint density at radius 2 is 1.84 bits per heavy atom. The number of rotatable bonds is 7. The van der Waals surface area contributed by atoms with Crippen molar-refractivity contribution in [3.63, 3.8) is 0 Å². The molecule has 0 aliphatic heterocycles. The highest BCUT2D eigenvalue weighted by atomic mass is 32.2. The Labute approximate surface area is 116 Å². The van der Waals surface area contributed by atoms with Gasteiger partial charge in [-0.05, 0) is 43.5 Å². The van der Waals surface area contributed by atoms with E-state index in [0.29, 0.717) is 19.7 Å². The molecule has 0 heterocycles.